The molecule has 0 unspecified atom stereocenters. The van der Waals surface area contributed by atoms with E-state index >= 15 is 0 Å². The topological polar surface area (TPSA) is 185 Å². The summed E-state index contributed by atoms with van der Waals surface area (Å²) in [6.45, 7) is 8.28. The zero-order valence-electron chi connectivity index (χ0n) is 34.3. The first kappa shape index (κ1) is 41.6. The molecule has 1 saturated carbocycles. The van der Waals surface area contributed by atoms with Crippen LogP contribution in [0.3, 0.4) is 0 Å². The highest BCUT2D eigenvalue weighted by Gasteiger charge is 2.26. The second-order valence-corrected chi connectivity index (χ2v) is 16.6. The van der Waals surface area contributed by atoms with Crippen LogP contribution in [-0.2, 0) is 13.0 Å². The number of nitriles is 1. The summed E-state index contributed by atoms with van der Waals surface area (Å²) in [4.78, 5) is 57.2. The number of nitrogens with one attached hydrogen (secondary N) is 3. The zero-order valence-corrected chi connectivity index (χ0v) is 35.0. The molecule has 2 amide bonds. The van der Waals surface area contributed by atoms with E-state index in [0.29, 0.717) is 40.9 Å². The first-order chi connectivity index (χ1) is 29.7. The molecule has 16 heteroatoms. The Morgan fingerprint density at radius 2 is 1.66 bits per heavy atom. The summed E-state index contributed by atoms with van der Waals surface area (Å²) < 4.78 is 6.08. The van der Waals surface area contributed by atoms with Crippen LogP contribution >= 0.6 is 11.6 Å². The molecule has 3 fully saturated rings. The van der Waals surface area contributed by atoms with Gasteiger partial charge in [-0.05, 0) is 105 Å². The number of halogens is 1. The van der Waals surface area contributed by atoms with Crippen molar-refractivity contribution in [3.8, 4) is 11.8 Å². The number of aromatic nitrogens is 5. The van der Waals surface area contributed by atoms with Gasteiger partial charge in [0.05, 0.1) is 39.6 Å². The number of pyridine rings is 3. The quantitative estimate of drug-likeness (QED) is 0.148. The number of carbonyl (C=O) groups is 2. The van der Waals surface area contributed by atoms with E-state index in [4.69, 9.17) is 21.6 Å². The minimum atomic E-state index is -0.238. The molecule has 4 aromatic heterocycles. The third-order valence-corrected chi connectivity index (χ3v) is 12.4. The van der Waals surface area contributed by atoms with E-state index in [1.165, 1.54) is 0 Å². The van der Waals surface area contributed by atoms with Gasteiger partial charge in [-0.3, -0.25) is 24.3 Å². The van der Waals surface area contributed by atoms with Crippen molar-refractivity contribution < 1.29 is 14.3 Å². The minimum Gasteiger partial charge on any atom is -0.490 e. The Balaban J connectivity index is 0.722. The highest BCUT2D eigenvalue weighted by atomic mass is 35.5. The average molecular weight is 844 g/mol. The number of ether oxygens (including phenoxy) is 1. The van der Waals surface area contributed by atoms with Crippen molar-refractivity contribution in [1.82, 2.24) is 40.7 Å². The van der Waals surface area contributed by atoms with Crippen molar-refractivity contribution in [2.75, 3.05) is 55.6 Å². The van der Waals surface area contributed by atoms with Crippen LogP contribution in [0.5, 0.6) is 5.75 Å². The highest BCUT2D eigenvalue weighted by molar-refractivity contribution is 6.31. The van der Waals surface area contributed by atoms with E-state index in [1.54, 1.807) is 36.5 Å². The molecule has 1 aromatic carbocycles. The predicted molar refractivity (Wildman–Crippen MR) is 233 cm³/mol. The van der Waals surface area contributed by atoms with E-state index < -0.39 is 0 Å². The molecular weight excluding hydrogens is 794 g/mol. The molecule has 8 rings (SSSR count). The van der Waals surface area contributed by atoms with Crippen molar-refractivity contribution in [2.24, 2.45) is 5.92 Å². The summed E-state index contributed by atoms with van der Waals surface area (Å²) in [5.74, 6) is 1.29. The largest absolute Gasteiger partial charge is 0.490 e. The number of carbonyl (C=O) groups excluding carboxylic acids is 2. The van der Waals surface area contributed by atoms with Crippen LogP contribution in [0.2, 0.25) is 5.02 Å². The maximum absolute atomic E-state index is 13.0. The molecule has 316 valence electrons. The SMILES string of the molecule is CCc1cc2ncc(CN3CCN(c4ccc(C(=O)NCC5CCN(c6ccc(C(=O)N[C@H]7CC[C@H](Oc8ccc(C#N)c(Cl)c8)CC7)nn6)CC5)nc4)CC3)cc2[nH]c1=O. The summed E-state index contributed by atoms with van der Waals surface area (Å²) in [5, 5.41) is 24.3. The number of nitrogens with zero attached hydrogens (tertiary/aromatic N) is 8. The number of amides is 2. The Morgan fingerprint density at radius 3 is 2.34 bits per heavy atom. The maximum atomic E-state index is 13.0. The van der Waals surface area contributed by atoms with Crippen LogP contribution in [-0.4, -0.2) is 99.8 Å². The number of hydrogen-bond acceptors (Lipinski definition) is 12. The van der Waals surface area contributed by atoms with Crippen LogP contribution in [0.1, 0.15) is 83.1 Å². The number of piperidine rings is 1. The molecule has 61 heavy (non-hydrogen) atoms. The van der Waals surface area contributed by atoms with E-state index in [0.717, 1.165) is 118 Å². The highest BCUT2D eigenvalue weighted by Crippen LogP contribution is 2.28. The van der Waals surface area contributed by atoms with Crippen molar-refractivity contribution in [1.29, 1.82) is 5.26 Å². The molecule has 1 aliphatic carbocycles. The first-order valence-corrected chi connectivity index (χ1v) is 21.6. The number of aromatic amines is 1. The second-order valence-electron chi connectivity index (χ2n) is 16.2. The fraction of sp³-hybridized carbons (Fsp3) is 0.422. The molecule has 5 aromatic rings. The minimum absolute atomic E-state index is 0.0178. The lowest BCUT2D eigenvalue weighted by Gasteiger charge is -2.36. The van der Waals surface area contributed by atoms with Gasteiger partial charge in [-0.2, -0.15) is 5.26 Å². The first-order valence-electron chi connectivity index (χ1n) is 21.2. The summed E-state index contributed by atoms with van der Waals surface area (Å²) in [6, 6.07) is 18.4. The third kappa shape index (κ3) is 10.3. The summed E-state index contributed by atoms with van der Waals surface area (Å²) in [6.07, 6.45) is 9.30. The van der Waals surface area contributed by atoms with E-state index in [9.17, 15) is 14.4 Å². The fourth-order valence-electron chi connectivity index (χ4n) is 8.39. The Hall–Kier alpha value is -6.11. The smallest absolute Gasteiger partial charge is 0.272 e. The number of piperazine rings is 1. The van der Waals surface area contributed by atoms with Gasteiger partial charge in [0.2, 0.25) is 0 Å². The van der Waals surface area contributed by atoms with Crippen molar-refractivity contribution in [3.05, 3.63) is 110 Å². The maximum Gasteiger partial charge on any atom is 0.272 e. The van der Waals surface area contributed by atoms with Gasteiger partial charge in [0.25, 0.3) is 17.4 Å². The summed E-state index contributed by atoms with van der Waals surface area (Å²) in [5.41, 5.74) is 5.44. The van der Waals surface area contributed by atoms with Gasteiger partial charge in [0.15, 0.2) is 11.5 Å². The molecule has 0 radical (unpaired) electrons. The molecule has 0 atom stereocenters. The van der Waals surface area contributed by atoms with Crippen molar-refractivity contribution in [3.63, 3.8) is 0 Å². The molecule has 2 aliphatic heterocycles. The molecular formula is C45H50ClN11O4. The molecule has 3 N–H and O–H groups in total. The third-order valence-electron chi connectivity index (χ3n) is 12.1. The summed E-state index contributed by atoms with van der Waals surface area (Å²) >= 11 is 6.15. The Kier molecular flexibility index (Phi) is 13.0. The fourth-order valence-corrected chi connectivity index (χ4v) is 8.60. The Bertz CT molecular complexity index is 2430. The summed E-state index contributed by atoms with van der Waals surface area (Å²) in [7, 11) is 0. The second kappa shape index (κ2) is 19.1. The van der Waals surface area contributed by atoms with Crippen LogP contribution in [0.25, 0.3) is 11.0 Å². The van der Waals surface area contributed by atoms with Crippen LogP contribution in [0.4, 0.5) is 11.5 Å². The van der Waals surface area contributed by atoms with E-state index in [1.807, 2.05) is 37.4 Å². The number of anilines is 2. The van der Waals surface area contributed by atoms with Crippen molar-refractivity contribution in [2.45, 2.75) is 70.6 Å². The number of H-pyrrole nitrogens is 1. The van der Waals surface area contributed by atoms with E-state index in [2.05, 4.69) is 56.6 Å². The predicted octanol–water partition coefficient (Wildman–Crippen LogP) is 5.28. The van der Waals surface area contributed by atoms with E-state index in [-0.39, 0.29) is 35.2 Å². The number of fused-ring (bicyclic) bond motifs is 1. The number of benzene rings is 1. The lowest BCUT2D eigenvalue weighted by Crippen LogP contribution is -2.46. The molecule has 15 nitrogen and oxygen atoms in total. The van der Waals surface area contributed by atoms with Gasteiger partial charge < -0.3 is 30.2 Å². The molecule has 6 heterocycles. The van der Waals surface area contributed by atoms with Gasteiger partial charge in [0, 0.05) is 76.2 Å². The number of hydrogen-bond donors (Lipinski definition) is 3. The zero-order chi connectivity index (χ0) is 42.3. The lowest BCUT2D eigenvalue weighted by molar-refractivity contribution is 0.0887. The molecule has 3 aliphatic rings. The Morgan fingerprint density at radius 1 is 0.869 bits per heavy atom. The number of rotatable bonds is 12. The van der Waals surface area contributed by atoms with Crippen LogP contribution < -0.4 is 30.7 Å². The van der Waals surface area contributed by atoms with Crippen LogP contribution in [0, 0.1) is 17.2 Å². The molecule has 0 spiro atoms. The van der Waals surface area contributed by atoms with Crippen LogP contribution in [0.15, 0.2) is 71.8 Å². The Labute approximate surface area is 359 Å². The van der Waals surface area contributed by atoms with Gasteiger partial charge in [-0.25, -0.2) is 4.98 Å². The molecule has 0 bridgehead atoms. The van der Waals surface area contributed by atoms with Gasteiger partial charge >= 0.3 is 0 Å². The van der Waals surface area contributed by atoms with Gasteiger partial charge in [0.1, 0.15) is 17.5 Å². The number of aryl methyl sites for hydroxylation is 1. The average Bonchev–Trinajstić information content (AvgIpc) is 3.29. The normalized spacial score (nSPS) is 18.7. The van der Waals surface area contributed by atoms with Gasteiger partial charge in [-0.1, -0.05) is 18.5 Å². The standard InChI is InChI=1S/C45H50ClN11O4/c1-2-31-22-40-41(52-43(31)58)21-30(26-48-40)28-55-17-19-56(20-18-55)34-6-10-38(49-27-34)44(59)50-25-29-13-15-57(16-14-29)42-12-11-39(53-54-42)45(60)51-33-4-8-35(9-5-33)61-36-7-3-32(24-47)37(46)23-36/h3,6-7,10-12,21-23,26-27,29,33,35H,2,4-5,8-9,13-20,25,28H2,1H3,(H,50,59)(H,51,60)(H,52,58)/t33-,35-. The van der Waals surface area contributed by atoms with Crippen molar-refractivity contribution >= 4 is 46.0 Å². The lowest BCUT2D eigenvalue weighted by atomic mass is 9.93. The van der Waals surface area contributed by atoms with Gasteiger partial charge in [-0.15, -0.1) is 10.2 Å². The monoisotopic (exact) mass is 843 g/mol. The molecule has 2 saturated heterocycles.